The van der Waals surface area contributed by atoms with Crippen LogP contribution < -0.4 is 5.46 Å². The molecule has 5 rings (SSSR count). The Kier molecular flexibility index (Phi) is 8.42. The van der Waals surface area contributed by atoms with Crippen LogP contribution in [0.3, 0.4) is 0 Å². The number of hydrogen-bond acceptors (Lipinski definition) is 9. The number of carbonyl (C=O) groups excluding carboxylic acids is 2. The maximum atomic E-state index is 12.5. The molecule has 12 heteroatoms. The smallest absolute Gasteiger partial charge is 0.496 e. The molecule has 4 aromatic rings. The van der Waals surface area contributed by atoms with E-state index in [9.17, 15) is 14.7 Å². The first kappa shape index (κ1) is 33.0. The summed E-state index contributed by atoms with van der Waals surface area (Å²) in [6.45, 7) is 22.8. The molecule has 0 unspecified atom stereocenters. The lowest BCUT2D eigenvalue weighted by Crippen LogP contribution is -2.41. The van der Waals surface area contributed by atoms with Crippen molar-refractivity contribution >= 4 is 46.8 Å². The predicted molar refractivity (Wildman–Crippen MR) is 170 cm³/mol. The maximum Gasteiger partial charge on any atom is 0.496 e. The van der Waals surface area contributed by atoms with Gasteiger partial charge in [-0.1, -0.05) is 0 Å². The minimum Gasteiger partial charge on any atom is -0.506 e. The highest BCUT2D eigenvalue weighted by Crippen LogP contribution is 2.36. The maximum absolute atomic E-state index is 12.5. The van der Waals surface area contributed by atoms with Gasteiger partial charge in [-0.3, -0.25) is 0 Å². The van der Waals surface area contributed by atoms with Gasteiger partial charge in [0.15, 0.2) is 0 Å². The summed E-state index contributed by atoms with van der Waals surface area (Å²) in [4.78, 5) is 33.0. The quantitative estimate of drug-likeness (QED) is 0.250. The molecule has 1 N–H and O–H groups in total. The summed E-state index contributed by atoms with van der Waals surface area (Å²) < 4.78 is 25.8. The second kappa shape index (κ2) is 11.2. The highest BCUT2D eigenvalue weighted by molar-refractivity contribution is 6.62. The summed E-state index contributed by atoms with van der Waals surface area (Å²) in [7, 11) is -0.485. The molecule has 0 spiro atoms. The molecule has 5 heterocycles. The third kappa shape index (κ3) is 6.91. The summed E-state index contributed by atoms with van der Waals surface area (Å²) in [6, 6.07) is 3.55. The van der Waals surface area contributed by atoms with Crippen molar-refractivity contribution in [3.8, 4) is 5.75 Å². The number of aromatic hydroxyl groups is 1. The van der Waals surface area contributed by atoms with Gasteiger partial charge in [-0.25, -0.2) is 28.7 Å². The fourth-order valence-electron chi connectivity index (χ4n) is 4.54. The van der Waals surface area contributed by atoms with Gasteiger partial charge in [0.1, 0.15) is 28.2 Å². The second-order valence-electron chi connectivity index (χ2n) is 14.1. The van der Waals surface area contributed by atoms with E-state index < -0.39 is 41.7 Å². The highest BCUT2D eigenvalue weighted by Gasteiger charge is 2.52. The van der Waals surface area contributed by atoms with E-state index in [0.717, 1.165) is 27.4 Å². The molecule has 0 atom stereocenters. The molecule has 1 aliphatic heterocycles. The fraction of sp³-hybridized carbons (Fsp3) is 0.500. The first-order valence-electron chi connectivity index (χ1n) is 14.6. The van der Waals surface area contributed by atoms with Gasteiger partial charge < -0.3 is 23.9 Å². The van der Waals surface area contributed by atoms with Crippen LogP contribution in [-0.2, 0) is 18.8 Å². The van der Waals surface area contributed by atoms with Crippen LogP contribution in [0.25, 0.3) is 22.1 Å². The van der Waals surface area contributed by atoms with Crippen molar-refractivity contribution in [3.63, 3.8) is 0 Å². The van der Waals surface area contributed by atoms with Crippen molar-refractivity contribution < 1.29 is 33.5 Å². The van der Waals surface area contributed by atoms with E-state index in [1.165, 1.54) is 15.3 Å². The lowest BCUT2D eigenvalue weighted by molar-refractivity contribution is 0.00578. The molecular formula is C32H43BN4O7. The number of rotatable bonds is 1. The Morgan fingerprint density at radius 2 is 1.18 bits per heavy atom. The lowest BCUT2D eigenvalue weighted by Gasteiger charge is -2.32. The monoisotopic (exact) mass is 606 g/mol. The van der Waals surface area contributed by atoms with E-state index in [0.29, 0.717) is 11.3 Å². The first-order valence-corrected chi connectivity index (χ1v) is 14.6. The Balaban J connectivity index is 0.000000215. The molecule has 0 aliphatic carbocycles. The van der Waals surface area contributed by atoms with E-state index in [-0.39, 0.29) is 5.75 Å². The predicted octanol–water partition coefficient (Wildman–Crippen LogP) is 6.26. The molecule has 4 aromatic heterocycles. The van der Waals surface area contributed by atoms with E-state index >= 15 is 0 Å². The van der Waals surface area contributed by atoms with Gasteiger partial charge in [0.25, 0.3) is 0 Å². The second-order valence-corrected chi connectivity index (χ2v) is 14.1. The van der Waals surface area contributed by atoms with Crippen LogP contribution in [0.15, 0.2) is 36.9 Å². The molecule has 236 valence electrons. The molecule has 0 amide bonds. The van der Waals surface area contributed by atoms with Gasteiger partial charge >= 0.3 is 19.3 Å². The van der Waals surface area contributed by atoms with Gasteiger partial charge in [0, 0.05) is 34.8 Å². The van der Waals surface area contributed by atoms with Crippen LogP contribution in [0.5, 0.6) is 5.75 Å². The average Bonchev–Trinajstić information content (AvgIpc) is 3.45. The van der Waals surface area contributed by atoms with Crippen molar-refractivity contribution in [2.45, 2.75) is 105 Å². The summed E-state index contributed by atoms with van der Waals surface area (Å²) in [6.07, 6.45) is 5.50. The van der Waals surface area contributed by atoms with Crippen LogP contribution in [0, 0.1) is 13.8 Å². The number of hydrogen-bond donors (Lipinski definition) is 1. The normalized spacial score (nSPS) is 16.1. The number of pyridine rings is 2. The molecule has 1 saturated heterocycles. The molecule has 0 saturated carbocycles. The third-order valence-electron chi connectivity index (χ3n) is 7.40. The Hall–Kier alpha value is -3.90. The lowest BCUT2D eigenvalue weighted by atomic mass is 9.80. The van der Waals surface area contributed by atoms with Gasteiger partial charge in [0.05, 0.1) is 17.4 Å². The zero-order valence-electron chi connectivity index (χ0n) is 27.7. The Morgan fingerprint density at radius 1 is 0.773 bits per heavy atom. The first-order chi connectivity index (χ1) is 20.1. The van der Waals surface area contributed by atoms with Gasteiger partial charge in [-0.15, -0.1) is 0 Å². The van der Waals surface area contributed by atoms with Crippen LogP contribution >= 0.6 is 0 Å². The number of ether oxygens (including phenoxy) is 2. The molecular weight excluding hydrogens is 563 g/mol. The summed E-state index contributed by atoms with van der Waals surface area (Å²) in [5.74, 6) is 0.0764. The molecule has 0 aromatic carbocycles. The highest BCUT2D eigenvalue weighted by atomic mass is 16.7. The number of aromatic nitrogens is 4. The Bertz CT molecular complexity index is 1710. The summed E-state index contributed by atoms with van der Waals surface area (Å²) in [5.41, 5.74) is 1.74. The molecule has 1 aliphatic rings. The van der Waals surface area contributed by atoms with Crippen molar-refractivity contribution in [2.24, 2.45) is 0 Å². The number of aryl methyl sites for hydroxylation is 2. The van der Waals surface area contributed by atoms with Crippen molar-refractivity contribution in [2.75, 3.05) is 0 Å². The third-order valence-corrected chi connectivity index (χ3v) is 7.40. The summed E-state index contributed by atoms with van der Waals surface area (Å²) >= 11 is 0. The minimum absolute atomic E-state index is 0.0764. The minimum atomic E-state index is -0.565. The van der Waals surface area contributed by atoms with E-state index in [4.69, 9.17) is 18.8 Å². The summed E-state index contributed by atoms with van der Waals surface area (Å²) in [5, 5.41) is 11.0. The van der Waals surface area contributed by atoms with E-state index in [1.807, 2.05) is 89.2 Å². The zero-order chi connectivity index (χ0) is 33.0. The number of fused-ring (bicyclic) bond motifs is 2. The standard InChI is InChI=1S/C19H27BN2O4.C13H16N2O3/c1-12-11-22(16(23)24-17(2,3)4)15-14(12)9-13(10-21-15)20-25-18(5,6)19(7,8)26-20;1-8-7-15(12(17)18-13(2,3)4)11-10(8)5-9(16)6-14-11/h9-11H,1-8H3;5-7,16H,1-4H3. The topological polar surface area (TPSA) is 127 Å². The van der Waals surface area contributed by atoms with Crippen LogP contribution in [-0.4, -0.2) is 65.9 Å². The van der Waals surface area contributed by atoms with Gasteiger partial charge in [0.2, 0.25) is 0 Å². The number of nitrogens with zero attached hydrogens (tertiary/aromatic N) is 4. The van der Waals surface area contributed by atoms with Crippen molar-refractivity contribution in [3.05, 3.63) is 48.0 Å². The Labute approximate surface area is 258 Å². The molecule has 0 radical (unpaired) electrons. The Morgan fingerprint density at radius 3 is 1.61 bits per heavy atom. The van der Waals surface area contributed by atoms with Crippen LogP contribution in [0.4, 0.5) is 9.59 Å². The SMILES string of the molecule is Cc1cn(C(=O)OC(C)(C)C)c2ncc(B3OC(C)(C)C(C)(C)O3)cc12.Cc1cn(C(=O)OC(C)(C)C)c2ncc(O)cc12. The van der Waals surface area contributed by atoms with Crippen LogP contribution in [0.1, 0.15) is 80.4 Å². The largest absolute Gasteiger partial charge is 0.506 e. The fourth-order valence-corrected chi connectivity index (χ4v) is 4.54. The van der Waals surface area contributed by atoms with E-state index in [1.54, 1.807) is 24.7 Å². The molecule has 0 bridgehead atoms. The average molecular weight is 607 g/mol. The van der Waals surface area contributed by atoms with Gasteiger partial charge in [-0.2, -0.15) is 0 Å². The van der Waals surface area contributed by atoms with Crippen LogP contribution in [0.2, 0.25) is 0 Å². The molecule has 1 fully saturated rings. The number of carbonyl (C=O) groups is 2. The van der Waals surface area contributed by atoms with Crippen molar-refractivity contribution in [1.29, 1.82) is 0 Å². The zero-order valence-corrected chi connectivity index (χ0v) is 27.7. The van der Waals surface area contributed by atoms with Gasteiger partial charge in [-0.05, 0) is 106 Å². The molecule has 11 nitrogen and oxygen atoms in total. The van der Waals surface area contributed by atoms with E-state index in [2.05, 4.69) is 9.97 Å². The van der Waals surface area contributed by atoms with Crippen molar-refractivity contribution in [1.82, 2.24) is 19.1 Å². The molecule has 44 heavy (non-hydrogen) atoms.